The quantitative estimate of drug-likeness (QED) is 0.414. The van der Waals surface area contributed by atoms with Crippen LogP contribution < -0.4 is 15.4 Å². The van der Waals surface area contributed by atoms with Gasteiger partial charge in [-0.3, -0.25) is 19.7 Å². The molecule has 0 fully saturated rings. The summed E-state index contributed by atoms with van der Waals surface area (Å²) >= 11 is 6.19. The van der Waals surface area contributed by atoms with Crippen molar-refractivity contribution in [1.82, 2.24) is 0 Å². The standard InChI is InChI=1S/C21H16ClN3O5/c1-13(26)23-14-7-9-19(18(22)11-14)24-21(27)17-12-15(25(28)29)8-10-20(17)30-16-5-3-2-4-6-16/h2-12H,1H3,(H,23,26)(H,24,27). The molecule has 9 heteroatoms. The smallest absolute Gasteiger partial charge is 0.270 e. The maximum atomic E-state index is 12.9. The van der Waals surface area contributed by atoms with Gasteiger partial charge < -0.3 is 15.4 Å². The predicted octanol–water partition coefficient (Wildman–Crippen LogP) is 5.25. The van der Waals surface area contributed by atoms with Crippen LogP contribution in [0.25, 0.3) is 0 Å². The van der Waals surface area contributed by atoms with Gasteiger partial charge in [-0.2, -0.15) is 0 Å². The number of rotatable bonds is 6. The van der Waals surface area contributed by atoms with Crippen molar-refractivity contribution >= 4 is 40.5 Å². The Bertz CT molecular complexity index is 1120. The Kier molecular flexibility index (Phi) is 6.29. The summed E-state index contributed by atoms with van der Waals surface area (Å²) < 4.78 is 5.73. The fourth-order valence-electron chi connectivity index (χ4n) is 2.60. The normalized spacial score (nSPS) is 10.2. The molecule has 0 aromatic heterocycles. The van der Waals surface area contributed by atoms with E-state index in [0.717, 1.165) is 6.07 Å². The van der Waals surface area contributed by atoms with E-state index in [1.54, 1.807) is 30.3 Å². The van der Waals surface area contributed by atoms with Crippen molar-refractivity contribution < 1.29 is 19.2 Å². The van der Waals surface area contributed by atoms with Crippen molar-refractivity contribution in [1.29, 1.82) is 0 Å². The largest absolute Gasteiger partial charge is 0.457 e. The third kappa shape index (κ3) is 5.12. The van der Waals surface area contributed by atoms with Crippen LogP contribution in [0.15, 0.2) is 66.7 Å². The van der Waals surface area contributed by atoms with Gasteiger partial charge in [-0.1, -0.05) is 29.8 Å². The Balaban J connectivity index is 1.91. The lowest BCUT2D eigenvalue weighted by Crippen LogP contribution is -2.14. The Labute approximate surface area is 176 Å². The van der Waals surface area contributed by atoms with E-state index in [1.165, 1.54) is 31.2 Å². The van der Waals surface area contributed by atoms with Gasteiger partial charge in [-0.15, -0.1) is 0 Å². The van der Waals surface area contributed by atoms with E-state index in [2.05, 4.69) is 10.6 Å². The van der Waals surface area contributed by atoms with E-state index in [4.69, 9.17) is 16.3 Å². The molecule has 0 aliphatic carbocycles. The number of nitro groups is 1. The van der Waals surface area contributed by atoms with E-state index < -0.39 is 10.8 Å². The molecule has 0 saturated heterocycles. The Hall–Kier alpha value is -3.91. The van der Waals surface area contributed by atoms with Gasteiger partial charge in [-0.25, -0.2) is 0 Å². The zero-order chi connectivity index (χ0) is 21.7. The predicted molar refractivity (Wildman–Crippen MR) is 113 cm³/mol. The molecule has 0 spiro atoms. The minimum absolute atomic E-state index is 0.0324. The number of halogens is 1. The molecule has 2 amide bonds. The van der Waals surface area contributed by atoms with E-state index in [-0.39, 0.29) is 33.6 Å². The molecule has 0 heterocycles. The number of para-hydroxylation sites is 1. The fraction of sp³-hybridized carbons (Fsp3) is 0.0476. The van der Waals surface area contributed by atoms with Gasteiger partial charge in [0.05, 0.1) is 21.2 Å². The number of carbonyl (C=O) groups is 2. The third-order valence-electron chi connectivity index (χ3n) is 3.93. The van der Waals surface area contributed by atoms with Gasteiger partial charge in [-0.05, 0) is 36.4 Å². The minimum atomic E-state index is -0.640. The van der Waals surface area contributed by atoms with Crippen molar-refractivity contribution in [2.24, 2.45) is 0 Å². The van der Waals surface area contributed by atoms with Crippen LogP contribution in [0.1, 0.15) is 17.3 Å². The third-order valence-corrected chi connectivity index (χ3v) is 4.24. The van der Waals surface area contributed by atoms with E-state index in [1.807, 2.05) is 6.07 Å². The number of ether oxygens (including phenoxy) is 1. The Morgan fingerprint density at radius 2 is 1.73 bits per heavy atom. The number of anilines is 2. The number of nitrogens with one attached hydrogen (secondary N) is 2. The van der Waals surface area contributed by atoms with Crippen molar-refractivity contribution in [2.45, 2.75) is 6.92 Å². The van der Waals surface area contributed by atoms with Crippen LogP contribution in [0, 0.1) is 10.1 Å². The average Bonchev–Trinajstić information content (AvgIpc) is 2.70. The summed E-state index contributed by atoms with van der Waals surface area (Å²) in [6.07, 6.45) is 0. The summed E-state index contributed by atoms with van der Waals surface area (Å²) in [6, 6.07) is 17.0. The molecule has 3 aromatic carbocycles. The van der Waals surface area contributed by atoms with Crippen LogP contribution in [0.3, 0.4) is 0 Å². The number of hydrogen-bond acceptors (Lipinski definition) is 5. The first-order chi connectivity index (χ1) is 14.3. The summed E-state index contributed by atoms with van der Waals surface area (Å²) in [5, 5.41) is 16.5. The highest BCUT2D eigenvalue weighted by molar-refractivity contribution is 6.34. The number of carbonyl (C=O) groups excluding carboxylic acids is 2. The van der Waals surface area contributed by atoms with Gasteiger partial charge in [0.1, 0.15) is 11.5 Å². The molecule has 8 nitrogen and oxygen atoms in total. The highest BCUT2D eigenvalue weighted by atomic mass is 35.5. The molecule has 3 rings (SSSR count). The fourth-order valence-corrected chi connectivity index (χ4v) is 2.83. The molecule has 30 heavy (non-hydrogen) atoms. The average molecular weight is 426 g/mol. The summed E-state index contributed by atoms with van der Waals surface area (Å²) in [4.78, 5) is 34.6. The zero-order valence-electron chi connectivity index (χ0n) is 15.7. The molecule has 0 radical (unpaired) electrons. The number of hydrogen-bond donors (Lipinski definition) is 2. The highest BCUT2D eigenvalue weighted by Gasteiger charge is 2.19. The molecule has 0 atom stereocenters. The number of nitro benzene ring substituents is 1. The van der Waals surface area contributed by atoms with Gasteiger partial charge in [0.25, 0.3) is 11.6 Å². The highest BCUT2D eigenvalue weighted by Crippen LogP contribution is 2.31. The second-order valence-electron chi connectivity index (χ2n) is 6.18. The monoisotopic (exact) mass is 425 g/mol. The number of nitrogens with zero attached hydrogens (tertiary/aromatic N) is 1. The molecule has 3 aromatic rings. The first-order valence-corrected chi connectivity index (χ1v) is 9.11. The van der Waals surface area contributed by atoms with E-state index >= 15 is 0 Å². The molecular formula is C21H16ClN3O5. The Morgan fingerprint density at radius 1 is 1.00 bits per heavy atom. The minimum Gasteiger partial charge on any atom is -0.457 e. The van der Waals surface area contributed by atoms with Crippen LogP contribution in [-0.4, -0.2) is 16.7 Å². The molecule has 0 aliphatic heterocycles. The van der Waals surface area contributed by atoms with Crippen molar-refractivity contribution in [2.75, 3.05) is 10.6 Å². The summed E-state index contributed by atoms with van der Waals surface area (Å²) in [5.41, 5.74) is 0.449. The number of benzene rings is 3. The lowest BCUT2D eigenvalue weighted by atomic mass is 10.1. The van der Waals surface area contributed by atoms with Crippen LogP contribution in [-0.2, 0) is 4.79 Å². The molecule has 0 unspecified atom stereocenters. The van der Waals surface area contributed by atoms with Crippen molar-refractivity contribution in [3.8, 4) is 11.5 Å². The van der Waals surface area contributed by atoms with Crippen molar-refractivity contribution in [3.63, 3.8) is 0 Å². The number of amides is 2. The number of non-ortho nitro benzene ring substituents is 1. The van der Waals surface area contributed by atoms with E-state index in [9.17, 15) is 19.7 Å². The second kappa shape index (κ2) is 9.06. The van der Waals surface area contributed by atoms with Gasteiger partial charge >= 0.3 is 0 Å². The van der Waals surface area contributed by atoms with Gasteiger partial charge in [0, 0.05) is 24.7 Å². The van der Waals surface area contributed by atoms with E-state index in [0.29, 0.717) is 11.4 Å². The molecule has 0 aliphatic rings. The Morgan fingerprint density at radius 3 is 2.37 bits per heavy atom. The van der Waals surface area contributed by atoms with Crippen LogP contribution in [0.2, 0.25) is 5.02 Å². The van der Waals surface area contributed by atoms with Crippen LogP contribution in [0.5, 0.6) is 11.5 Å². The maximum absolute atomic E-state index is 12.9. The molecule has 0 bridgehead atoms. The molecule has 0 saturated carbocycles. The summed E-state index contributed by atoms with van der Waals surface area (Å²) in [5.74, 6) is -0.283. The molecule has 2 N–H and O–H groups in total. The molecular weight excluding hydrogens is 410 g/mol. The first-order valence-electron chi connectivity index (χ1n) is 8.73. The van der Waals surface area contributed by atoms with Gasteiger partial charge in [0.15, 0.2) is 0 Å². The summed E-state index contributed by atoms with van der Waals surface area (Å²) in [6.45, 7) is 1.36. The lowest BCUT2D eigenvalue weighted by molar-refractivity contribution is -0.384. The first kappa shape index (κ1) is 20.8. The zero-order valence-corrected chi connectivity index (χ0v) is 16.5. The second-order valence-corrected chi connectivity index (χ2v) is 6.59. The van der Waals surface area contributed by atoms with Crippen LogP contribution in [0.4, 0.5) is 17.1 Å². The molecule has 152 valence electrons. The van der Waals surface area contributed by atoms with Crippen molar-refractivity contribution in [3.05, 3.63) is 87.4 Å². The summed E-state index contributed by atoms with van der Waals surface area (Å²) in [7, 11) is 0. The SMILES string of the molecule is CC(=O)Nc1ccc(NC(=O)c2cc([N+](=O)[O-])ccc2Oc2ccccc2)c(Cl)c1. The van der Waals surface area contributed by atoms with Gasteiger partial charge in [0.2, 0.25) is 5.91 Å². The maximum Gasteiger partial charge on any atom is 0.270 e. The van der Waals surface area contributed by atoms with Crippen LogP contribution >= 0.6 is 11.6 Å². The topological polar surface area (TPSA) is 111 Å². The lowest BCUT2D eigenvalue weighted by Gasteiger charge is -2.13.